The molecule has 37 heavy (non-hydrogen) atoms. The van der Waals surface area contributed by atoms with Gasteiger partial charge >= 0.3 is 0 Å². The summed E-state index contributed by atoms with van der Waals surface area (Å²) >= 11 is 5.42. The van der Waals surface area contributed by atoms with Crippen LogP contribution in [0.4, 0.5) is 5.13 Å². The number of fused-ring (bicyclic) bond motifs is 2. The molecule has 0 aliphatic carbocycles. The van der Waals surface area contributed by atoms with Crippen LogP contribution < -0.4 is 20.7 Å². The lowest BCUT2D eigenvalue weighted by atomic mass is 10.0. The van der Waals surface area contributed by atoms with E-state index in [1.165, 1.54) is 46.9 Å². The second-order valence-electron chi connectivity index (χ2n) is 7.92. The minimum Gasteiger partial charge on any atom is -0.543 e. The highest BCUT2D eigenvalue weighted by Crippen LogP contribution is 2.42. The maximum atomic E-state index is 13.0. The predicted molar refractivity (Wildman–Crippen MR) is 139 cm³/mol. The number of hydrogen-bond donors (Lipinski definition) is 2. The molecule has 1 unspecified atom stereocenters. The van der Waals surface area contributed by atoms with Crippen LogP contribution in [0.3, 0.4) is 0 Å². The third kappa shape index (κ3) is 4.88. The topological polar surface area (TPSA) is 167 Å². The van der Waals surface area contributed by atoms with Crippen LogP contribution in [0, 0.1) is 0 Å². The molecule has 0 radical (unpaired) electrons. The summed E-state index contributed by atoms with van der Waals surface area (Å²) in [5.74, 6) is -1.97. The zero-order valence-corrected chi connectivity index (χ0v) is 22.6. The Hall–Kier alpha value is -3.21. The molecule has 0 bridgehead atoms. The van der Waals surface area contributed by atoms with Gasteiger partial charge in [0.05, 0.1) is 17.2 Å². The number of carbonyl (C=O) groups is 3. The summed E-state index contributed by atoms with van der Waals surface area (Å²) in [5, 5.41) is 19.6. The number of aliphatic carboxylic acids is 1. The average Bonchev–Trinajstić information content (AvgIpc) is 3.48. The molecule has 2 aliphatic rings. The summed E-state index contributed by atoms with van der Waals surface area (Å²) in [6.45, 7) is 0. The minimum absolute atomic E-state index is 0.139. The molecule has 0 aromatic carbocycles. The minimum atomic E-state index is -1.44. The van der Waals surface area contributed by atoms with Crippen LogP contribution in [-0.4, -0.2) is 68.4 Å². The standard InChI is InChI=1S/C21H19N7O5S4/c1-27-4-3-10-12(5-27)37-21(24-10)36-7-9-6-34-18-14(17(30)28(18)15(9)19(31)32)25-16(29)13(26-33-2)11-8-35-20(22)23-11/h3-5,8,14,18H,6-7H2,1-2H3,(H3-,22,23,25,29,31,32)/b26-13-/t14?,18-/m0/s1. The average molecular weight is 578 g/mol. The molecule has 2 amide bonds. The van der Waals surface area contributed by atoms with Crippen molar-refractivity contribution in [3.05, 3.63) is 40.8 Å². The van der Waals surface area contributed by atoms with Crippen molar-refractivity contribution in [2.45, 2.75) is 15.8 Å². The number of nitrogens with two attached hydrogens (primary N) is 1. The molecule has 0 spiro atoms. The van der Waals surface area contributed by atoms with Crippen LogP contribution in [0.5, 0.6) is 0 Å². The summed E-state index contributed by atoms with van der Waals surface area (Å²) < 4.78 is 3.75. The zero-order valence-electron chi connectivity index (χ0n) is 19.4. The maximum absolute atomic E-state index is 13.0. The number of carboxylic acids is 1. The number of carboxylic acid groups (broad SMARTS) is 1. The Morgan fingerprint density at radius 1 is 1.43 bits per heavy atom. The lowest BCUT2D eigenvalue weighted by Crippen LogP contribution is -2.71. The number of aromatic nitrogens is 3. The lowest BCUT2D eigenvalue weighted by molar-refractivity contribution is -0.670. The molecule has 2 atom stereocenters. The number of β-lactam (4-membered cyclic amide) rings is 1. The van der Waals surface area contributed by atoms with E-state index in [0.717, 1.165) is 25.9 Å². The number of anilines is 1. The number of rotatable bonds is 8. The summed E-state index contributed by atoms with van der Waals surface area (Å²) in [6.07, 6.45) is 3.88. The smallest absolute Gasteiger partial charge is 0.276 e. The molecule has 5 heterocycles. The highest BCUT2D eigenvalue weighted by molar-refractivity contribution is 8.02. The first-order valence-electron chi connectivity index (χ1n) is 10.7. The Kier molecular flexibility index (Phi) is 7.06. The van der Waals surface area contributed by atoms with Crippen molar-refractivity contribution in [3.8, 4) is 0 Å². The fourth-order valence-corrected chi connectivity index (χ4v) is 8.02. The van der Waals surface area contributed by atoms with Crippen LogP contribution in [0.25, 0.3) is 10.2 Å². The second-order valence-corrected chi connectivity index (χ2v) is 12.2. The van der Waals surface area contributed by atoms with E-state index >= 15 is 0 Å². The number of oxime groups is 1. The van der Waals surface area contributed by atoms with Crippen LogP contribution in [-0.2, 0) is 26.3 Å². The van der Waals surface area contributed by atoms with Crippen LogP contribution >= 0.6 is 46.2 Å². The van der Waals surface area contributed by atoms with Crippen molar-refractivity contribution in [1.82, 2.24) is 20.2 Å². The molecule has 192 valence electrons. The Labute approximate surface area is 226 Å². The van der Waals surface area contributed by atoms with E-state index in [9.17, 15) is 19.5 Å². The van der Waals surface area contributed by atoms with Gasteiger partial charge in [0.2, 0.25) is 0 Å². The number of pyridine rings is 1. The molecule has 12 nitrogen and oxygen atoms in total. The van der Waals surface area contributed by atoms with Gasteiger partial charge in [-0.3, -0.25) is 14.5 Å². The fraction of sp³-hybridized carbons (Fsp3) is 0.286. The first-order chi connectivity index (χ1) is 17.8. The number of aryl methyl sites for hydroxylation is 1. The van der Waals surface area contributed by atoms with Gasteiger partial charge in [-0.2, -0.15) is 0 Å². The van der Waals surface area contributed by atoms with E-state index in [0.29, 0.717) is 17.1 Å². The summed E-state index contributed by atoms with van der Waals surface area (Å²) in [4.78, 5) is 52.5. The summed E-state index contributed by atoms with van der Waals surface area (Å²) in [7, 11) is 3.21. The third-order valence-corrected chi connectivity index (χ3v) is 9.76. The van der Waals surface area contributed by atoms with Gasteiger partial charge in [0.25, 0.3) is 11.8 Å². The Morgan fingerprint density at radius 2 is 2.24 bits per heavy atom. The van der Waals surface area contributed by atoms with Gasteiger partial charge in [0.15, 0.2) is 27.6 Å². The van der Waals surface area contributed by atoms with Crippen molar-refractivity contribution in [1.29, 1.82) is 0 Å². The lowest BCUT2D eigenvalue weighted by Gasteiger charge is -2.50. The van der Waals surface area contributed by atoms with Gasteiger partial charge in [-0.05, 0) is 5.57 Å². The number of hydrogen-bond acceptors (Lipinski definition) is 13. The maximum Gasteiger partial charge on any atom is 0.276 e. The molecule has 3 N–H and O–H groups in total. The normalized spacial score (nSPS) is 19.6. The highest BCUT2D eigenvalue weighted by Gasteiger charge is 2.53. The number of thioether (sulfide) groups is 2. The molecule has 5 rings (SSSR count). The van der Waals surface area contributed by atoms with Gasteiger partial charge in [-0.15, -0.1) is 34.4 Å². The number of nitrogen functional groups attached to an aromatic ring is 1. The molecular formula is C21H19N7O5S4. The van der Waals surface area contributed by atoms with E-state index in [1.54, 1.807) is 5.38 Å². The largest absolute Gasteiger partial charge is 0.543 e. The number of carbonyl (C=O) groups excluding carboxylic acids is 3. The van der Waals surface area contributed by atoms with E-state index in [2.05, 4.69) is 20.4 Å². The molecule has 0 saturated carbocycles. The number of amides is 2. The molecule has 3 aromatic heterocycles. The van der Waals surface area contributed by atoms with Crippen molar-refractivity contribution in [2.75, 3.05) is 24.3 Å². The van der Waals surface area contributed by atoms with Crippen molar-refractivity contribution in [3.63, 3.8) is 0 Å². The zero-order chi connectivity index (χ0) is 26.3. The Balaban J connectivity index is 1.31. The Morgan fingerprint density at radius 3 is 2.95 bits per heavy atom. The number of nitrogens with one attached hydrogen (secondary N) is 1. The molecule has 1 fully saturated rings. The molecule has 3 aromatic rings. The van der Waals surface area contributed by atoms with Gasteiger partial charge in [-0.1, -0.05) is 16.9 Å². The SMILES string of the molecule is CO/N=C(\C(=O)NC1C(=O)N2C(C(=O)[O-])=C(CSc3nc4cc[n+](C)cc4s3)CS[C@@H]12)c1csc(N)n1. The van der Waals surface area contributed by atoms with Gasteiger partial charge < -0.3 is 25.8 Å². The predicted octanol–water partition coefficient (Wildman–Crippen LogP) is -0.294. The molecular weight excluding hydrogens is 559 g/mol. The van der Waals surface area contributed by atoms with E-state index in [1.807, 2.05) is 30.1 Å². The van der Waals surface area contributed by atoms with Gasteiger partial charge in [0, 0.05) is 23.0 Å². The van der Waals surface area contributed by atoms with E-state index in [4.69, 9.17) is 10.6 Å². The van der Waals surface area contributed by atoms with E-state index in [-0.39, 0.29) is 22.2 Å². The first kappa shape index (κ1) is 25.4. The summed E-state index contributed by atoms with van der Waals surface area (Å²) in [6, 6.07) is 0.978. The van der Waals surface area contributed by atoms with Crippen molar-refractivity contribution < 1.29 is 28.9 Å². The Bertz CT molecular complexity index is 1480. The molecule has 2 aliphatic heterocycles. The fourth-order valence-electron chi connectivity index (χ4n) is 3.85. The monoisotopic (exact) mass is 577 g/mol. The summed E-state index contributed by atoms with van der Waals surface area (Å²) in [5.41, 5.74) is 6.99. The van der Waals surface area contributed by atoms with Crippen LogP contribution in [0.2, 0.25) is 0 Å². The third-order valence-electron chi connectivity index (χ3n) is 5.51. The number of thiazole rings is 2. The quantitative estimate of drug-likeness (QED) is 0.119. The number of nitrogens with zero attached hydrogens (tertiary/aromatic N) is 5. The second kappa shape index (κ2) is 10.3. The highest BCUT2D eigenvalue weighted by atomic mass is 32.2. The van der Waals surface area contributed by atoms with E-state index < -0.39 is 29.2 Å². The van der Waals surface area contributed by atoms with Gasteiger partial charge in [-0.25, -0.2) is 14.5 Å². The van der Waals surface area contributed by atoms with Crippen molar-refractivity contribution >= 4 is 85.0 Å². The van der Waals surface area contributed by atoms with Gasteiger partial charge in [0.1, 0.15) is 36.0 Å². The van der Waals surface area contributed by atoms with Crippen LogP contribution in [0.1, 0.15) is 5.69 Å². The first-order valence-corrected chi connectivity index (χ1v) is 14.4. The molecule has 16 heteroatoms. The van der Waals surface area contributed by atoms with Crippen molar-refractivity contribution in [2.24, 2.45) is 12.2 Å². The molecule has 1 saturated heterocycles. The van der Waals surface area contributed by atoms with Crippen LogP contribution in [0.15, 0.2) is 44.6 Å².